The van der Waals surface area contributed by atoms with Crippen LogP contribution in [0.5, 0.6) is 0 Å². The number of anilines is 1. The highest BCUT2D eigenvalue weighted by molar-refractivity contribution is 6.06. The van der Waals surface area contributed by atoms with Crippen LogP contribution in [-0.4, -0.2) is 54.5 Å². The molecule has 1 unspecified atom stereocenters. The number of aromatic nitrogens is 4. The normalized spacial score (nSPS) is 17.5. The van der Waals surface area contributed by atoms with Gasteiger partial charge in [0.05, 0.1) is 11.9 Å². The predicted octanol–water partition coefficient (Wildman–Crippen LogP) is 1.05. The van der Waals surface area contributed by atoms with E-state index in [2.05, 4.69) is 25.9 Å². The summed E-state index contributed by atoms with van der Waals surface area (Å²) in [4.78, 5) is 55.1. The molecular weight excluding hydrogens is 438 g/mol. The zero-order valence-electron chi connectivity index (χ0n) is 18.3. The van der Waals surface area contributed by atoms with Crippen molar-refractivity contribution in [1.82, 2.24) is 30.2 Å². The first-order valence-corrected chi connectivity index (χ1v) is 10.8. The van der Waals surface area contributed by atoms with E-state index in [1.807, 2.05) is 19.1 Å². The van der Waals surface area contributed by atoms with Gasteiger partial charge in [-0.15, -0.1) is 5.10 Å². The number of amides is 4. The van der Waals surface area contributed by atoms with Crippen molar-refractivity contribution in [2.24, 2.45) is 0 Å². The average molecular weight is 459 g/mol. The number of benzene rings is 1. The number of piperidine rings is 1. The Kier molecular flexibility index (Phi) is 5.36. The molecule has 1 fully saturated rings. The molecule has 3 aromatic rings. The van der Waals surface area contributed by atoms with Crippen LogP contribution >= 0.6 is 0 Å². The van der Waals surface area contributed by atoms with Crippen LogP contribution in [0.2, 0.25) is 0 Å². The standard InChI is InChI=1S/C23H21N7O4/c1-13-7-8-24-17(9-13)18-11-29(28-27-18)12-21(32)25-16-4-2-3-14-15(16)10-30(23(14)34)19-5-6-20(31)26-22(19)33/h2-4,7-9,11,19H,5-6,10,12H2,1H3,(H,25,32)(H,26,31,33). The van der Waals surface area contributed by atoms with E-state index in [0.29, 0.717) is 28.2 Å². The van der Waals surface area contributed by atoms with E-state index in [9.17, 15) is 19.2 Å². The highest BCUT2D eigenvalue weighted by Gasteiger charge is 2.39. The molecule has 0 bridgehead atoms. The van der Waals surface area contributed by atoms with Gasteiger partial charge in [-0.2, -0.15) is 0 Å². The summed E-state index contributed by atoms with van der Waals surface area (Å²) in [6.07, 6.45) is 3.78. The SMILES string of the molecule is Cc1ccnc(-c2cn(CC(=O)Nc3cccc4c3CN(C3CCC(=O)NC3=O)C4=O)nn2)c1. The summed E-state index contributed by atoms with van der Waals surface area (Å²) in [7, 11) is 0. The van der Waals surface area contributed by atoms with Gasteiger partial charge in [-0.1, -0.05) is 11.3 Å². The van der Waals surface area contributed by atoms with Crippen molar-refractivity contribution in [3.8, 4) is 11.4 Å². The Balaban J connectivity index is 1.29. The van der Waals surface area contributed by atoms with Gasteiger partial charge < -0.3 is 10.2 Å². The Bertz CT molecular complexity index is 1330. The van der Waals surface area contributed by atoms with Crippen LogP contribution in [0, 0.1) is 6.92 Å². The average Bonchev–Trinajstić information content (AvgIpc) is 3.39. The number of fused-ring (bicyclic) bond motifs is 1. The van der Waals surface area contributed by atoms with Crippen molar-refractivity contribution in [2.75, 3.05) is 5.32 Å². The summed E-state index contributed by atoms with van der Waals surface area (Å²) in [6, 6.07) is 8.10. The maximum absolute atomic E-state index is 12.9. The Labute approximate surface area is 194 Å². The van der Waals surface area contributed by atoms with Gasteiger partial charge in [0, 0.05) is 36.0 Å². The van der Waals surface area contributed by atoms with Crippen LogP contribution in [0.4, 0.5) is 5.69 Å². The zero-order chi connectivity index (χ0) is 23.8. The number of rotatable bonds is 5. The topological polar surface area (TPSA) is 139 Å². The molecule has 2 aliphatic heterocycles. The maximum atomic E-state index is 12.9. The number of aryl methyl sites for hydroxylation is 1. The first-order chi connectivity index (χ1) is 16.4. The van der Waals surface area contributed by atoms with E-state index in [1.165, 1.54) is 9.58 Å². The summed E-state index contributed by atoms with van der Waals surface area (Å²) >= 11 is 0. The smallest absolute Gasteiger partial charge is 0.255 e. The van der Waals surface area contributed by atoms with Gasteiger partial charge in [-0.05, 0) is 43.2 Å². The maximum Gasteiger partial charge on any atom is 0.255 e. The first-order valence-electron chi connectivity index (χ1n) is 10.8. The number of pyridine rings is 1. The molecule has 11 heteroatoms. The molecule has 1 saturated heterocycles. The third-order valence-corrected chi connectivity index (χ3v) is 5.88. The molecule has 0 spiro atoms. The quantitative estimate of drug-likeness (QED) is 0.544. The molecule has 11 nitrogen and oxygen atoms in total. The number of imide groups is 1. The lowest BCUT2D eigenvalue weighted by molar-refractivity contribution is -0.137. The molecule has 2 aliphatic rings. The Morgan fingerprint density at radius 2 is 2.06 bits per heavy atom. The Hall–Kier alpha value is -4.41. The fourth-order valence-corrected chi connectivity index (χ4v) is 4.21. The van der Waals surface area contributed by atoms with Gasteiger partial charge in [0.25, 0.3) is 5.91 Å². The van der Waals surface area contributed by atoms with Crippen LogP contribution in [0.25, 0.3) is 11.4 Å². The van der Waals surface area contributed by atoms with Gasteiger partial charge >= 0.3 is 0 Å². The van der Waals surface area contributed by atoms with Crippen LogP contribution in [-0.2, 0) is 27.5 Å². The summed E-state index contributed by atoms with van der Waals surface area (Å²) < 4.78 is 1.42. The third kappa shape index (κ3) is 4.03. The molecule has 2 N–H and O–H groups in total. The minimum absolute atomic E-state index is 0.0761. The number of carbonyl (C=O) groups excluding carboxylic acids is 4. The highest BCUT2D eigenvalue weighted by Crippen LogP contribution is 2.32. The van der Waals surface area contributed by atoms with Crippen LogP contribution in [0.15, 0.2) is 42.7 Å². The second-order valence-electron chi connectivity index (χ2n) is 8.30. The Morgan fingerprint density at radius 1 is 1.21 bits per heavy atom. The lowest BCUT2D eigenvalue weighted by Crippen LogP contribution is -2.52. The molecule has 34 heavy (non-hydrogen) atoms. The number of nitrogens with zero attached hydrogens (tertiary/aromatic N) is 5. The monoisotopic (exact) mass is 459 g/mol. The van der Waals surface area contributed by atoms with Crippen LogP contribution in [0.1, 0.15) is 34.3 Å². The minimum Gasteiger partial charge on any atom is -0.324 e. The summed E-state index contributed by atoms with van der Waals surface area (Å²) in [5, 5.41) is 13.2. The highest BCUT2D eigenvalue weighted by atomic mass is 16.2. The number of nitrogens with one attached hydrogen (secondary N) is 2. The zero-order valence-corrected chi connectivity index (χ0v) is 18.3. The van der Waals surface area contributed by atoms with Crippen molar-refractivity contribution < 1.29 is 19.2 Å². The lowest BCUT2D eigenvalue weighted by atomic mass is 10.0. The van der Waals surface area contributed by atoms with E-state index < -0.39 is 11.9 Å². The summed E-state index contributed by atoms with van der Waals surface area (Å²) in [6.45, 7) is 2.05. The minimum atomic E-state index is -0.718. The van der Waals surface area contributed by atoms with Gasteiger partial charge in [0.1, 0.15) is 18.3 Å². The number of hydrogen-bond acceptors (Lipinski definition) is 7. The van der Waals surface area contributed by atoms with E-state index in [-0.39, 0.29) is 43.7 Å². The second-order valence-corrected chi connectivity index (χ2v) is 8.30. The summed E-state index contributed by atoms with van der Waals surface area (Å²) in [5.41, 5.74) is 3.81. The van der Waals surface area contributed by atoms with Crippen LogP contribution in [0.3, 0.4) is 0 Å². The fraction of sp³-hybridized carbons (Fsp3) is 0.261. The molecule has 0 saturated carbocycles. The molecule has 172 valence electrons. The first kappa shape index (κ1) is 21.4. The summed E-state index contributed by atoms with van der Waals surface area (Å²) in [5.74, 6) is -1.46. The van der Waals surface area contributed by atoms with E-state index in [4.69, 9.17) is 0 Å². The second kappa shape index (κ2) is 8.50. The molecule has 2 aromatic heterocycles. The van der Waals surface area contributed by atoms with E-state index in [0.717, 1.165) is 5.56 Å². The largest absolute Gasteiger partial charge is 0.324 e. The van der Waals surface area contributed by atoms with Crippen molar-refractivity contribution in [2.45, 2.75) is 38.9 Å². The van der Waals surface area contributed by atoms with E-state index >= 15 is 0 Å². The number of hydrogen-bond donors (Lipinski definition) is 2. The van der Waals surface area contributed by atoms with Gasteiger partial charge in [0.15, 0.2) is 0 Å². The third-order valence-electron chi connectivity index (χ3n) is 5.88. The van der Waals surface area contributed by atoms with Gasteiger partial charge in [-0.25, -0.2) is 4.68 Å². The molecular formula is C23H21N7O4. The molecule has 5 rings (SSSR count). The van der Waals surface area contributed by atoms with Crippen LogP contribution < -0.4 is 10.6 Å². The van der Waals surface area contributed by atoms with Crippen molar-refractivity contribution in [1.29, 1.82) is 0 Å². The van der Waals surface area contributed by atoms with Gasteiger partial charge in [-0.3, -0.25) is 29.5 Å². The lowest BCUT2D eigenvalue weighted by Gasteiger charge is -2.29. The Morgan fingerprint density at radius 3 is 2.85 bits per heavy atom. The fourth-order valence-electron chi connectivity index (χ4n) is 4.21. The predicted molar refractivity (Wildman–Crippen MR) is 119 cm³/mol. The van der Waals surface area contributed by atoms with Crippen molar-refractivity contribution in [3.63, 3.8) is 0 Å². The van der Waals surface area contributed by atoms with Gasteiger partial charge in [0.2, 0.25) is 17.7 Å². The molecule has 0 aliphatic carbocycles. The molecule has 1 atom stereocenters. The molecule has 4 amide bonds. The van der Waals surface area contributed by atoms with Crippen molar-refractivity contribution in [3.05, 3.63) is 59.4 Å². The van der Waals surface area contributed by atoms with Crippen molar-refractivity contribution >= 4 is 29.3 Å². The molecule has 0 radical (unpaired) electrons. The number of carbonyl (C=O) groups is 4. The molecule has 4 heterocycles. The van der Waals surface area contributed by atoms with E-state index in [1.54, 1.807) is 30.6 Å². The molecule has 1 aromatic carbocycles.